The van der Waals surface area contributed by atoms with E-state index in [9.17, 15) is 90.7 Å². The number of nitrogens with two attached hydrogens (primary N) is 1. The molecule has 0 bridgehead atoms. The molecule has 20 N–H and O–H groups in total. The summed E-state index contributed by atoms with van der Waals surface area (Å²) in [6, 6.07) is -5.02. The van der Waals surface area contributed by atoms with E-state index in [0.29, 0.717) is 0 Å². The van der Waals surface area contributed by atoms with Gasteiger partial charge in [0.2, 0.25) is 17.7 Å². The Hall–Kier alpha value is -3.08. The van der Waals surface area contributed by atoms with Crippen LogP contribution in [-0.4, -0.2) is 293 Å². The molecule has 5 fully saturated rings. The fourth-order valence-corrected chi connectivity index (χ4v) is 8.38. The van der Waals surface area contributed by atoms with E-state index in [4.69, 9.17) is 53.5 Å². The third-order valence-electron chi connectivity index (χ3n) is 12.2. The highest BCUT2D eigenvalue weighted by Crippen LogP contribution is 2.35. The minimum absolute atomic E-state index is 0.772. The van der Waals surface area contributed by atoms with Gasteiger partial charge in [0.25, 0.3) is 0 Å². The van der Waals surface area contributed by atoms with Crippen LogP contribution in [0.3, 0.4) is 0 Å². The van der Waals surface area contributed by atoms with Gasteiger partial charge in [-0.2, -0.15) is 0 Å². The van der Waals surface area contributed by atoms with Crippen LogP contribution in [0.4, 0.5) is 0 Å². The Bertz CT molecular complexity index is 1720. The van der Waals surface area contributed by atoms with Crippen LogP contribution in [0.1, 0.15) is 20.3 Å². The fourth-order valence-electron chi connectivity index (χ4n) is 8.38. The Morgan fingerprint density at radius 1 is 0.486 bits per heavy atom. The van der Waals surface area contributed by atoms with Crippen LogP contribution in [0.2, 0.25) is 0 Å². The van der Waals surface area contributed by atoms with Crippen molar-refractivity contribution in [2.45, 2.75) is 180 Å². The van der Waals surface area contributed by atoms with E-state index in [1.165, 1.54) is 0 Å². The van der Waals surface area contributed by atoms with E-state index in [2.05, 4.69) is 16.0 Å². The molecule has 404 valence electrons. The van der Waals surface area contributed by atoms with Crippen molar-refractivity contribution in [3.8, 4) is 0 Å². The molecule has 5 aliphatic rings. The van der Waals surface area contributed by atoms with Gasteiger partial charge in [0.05, 0.1) is 39.5 Å². The average Bonchev–Trinajstić information content (AvgIpc) is 3.31. The second-order valence-electron chi connectivity index (χ2n) is 17.2. The van der Waals surface area contributed by atoms with Crippen LogP contribution in [0.15, 0.2) is 0 Å². The average molecular weight is 1020 g/mol. The van der Waals surface area contributed by atoms with Gasteiger partial charge in [-0.3, -0.25) is 19.2 Å². The second-order valence-corrected chi connectivity index (χ2v) is 17.2. The third-order valence-corrected chi connectivity index (χ3v) is 12.2. The first-order chi connectivity index (χ1) is 33.0. The molecule has 5 aliphatic heterocycles. The molecular formula is C38H64N4O28. The number of amides is 3. The number of hydrogen-bond donors (Lipinski definition) is 19. The number of hydrogen-bond acceptors (Lipinski definition) is 28. The smallest absolute Gasteiger partial charge is 0.321 e. The third kappa shape index (κ3) is 13.2. The second kappa shape index (κ2) is 25.2. The molecule has 26 atom stereocenters. The van der Waals surface area contributed by atoms with Crippen LogP contribution in [0, 0.1) is 0 Å². The normalized spacial score (nSPS) is 45.0. The molecule has 70 heavy (non-hydrogen) atoms. The summed E-state index contributed by atoms with van der Waals surface area (Å²) >= 11 is 0. The molecule has 0 aromatic heterocycles. The monoisotopic (exact) mass is 1020 g/mol. The molecule has 0 spiro atoms. The van der Waals surface area contributed by atoms with Crippen LogP contribution in [0.5, 0.6) is 0 Å². The van der Waals surface area contributed by atoms with E-state index < -0.39 is 223 Å². The summed E-state index contributed by atoms with van der Waals surface area (Å²) in [6.45, 7) is -2.65. The van der Waals surface area contributed by atoms with Gasteiger partial charge in [-0.05, 0) is 0 Å². The molecule has 0 aromatic rings. The zero-order chi connectivity index (χ0) is 52.0. The highest BCUT2D eigenvalue weighted by Gasteiger charge is 2.56. The molecule has 0 saturated carbocycles. The van der Waals surface area contributed by atoms with E-state index in [1.54, 1.807) is 0 Å². The van der Waals surface area contributed by atoms with Crippen LogP contribution in [0.25, 0.3) is 0 Å². The summed E-state index contributed by atoms with van der Waals surface area (Å²) in [5.74, 6) is -4.15. The molecule has 32 nitrogen and oxygen atoms in total. The maximum absolute atomic E-state index is 12.7. The minimum Gasteiger partial charge on any atom is -0.480 e. The van der Waals surface area contributed by atoms with Crippen molar-refractivity contribution < 1.29 is 138 Å². The van der Waals surface area contributed by atoms with Gasteiger partial charge in [0, 0.05) is 13.8 Å². The van der Waals surface area contributed by atoms with Gasteiger partial charge in [0.15, 0.2) is 31.4 Å². The number of rotatable bonds is 19. The lowest BCUT2D eigenvalue weighted by Crippen LogP contribution is -2.71. The first-order valence-electron chi connectivity index (χ1n) is 21.9. The zero-order valence-corrected chi connectivity index (χ0v) is 37.3. The number of aliphatic hydroxyl groups excluding tert-OH is 14. The molecule has 0 unspecified atom stereocenters. The Labute approximate surface area is 396 Å². The number of aliphatic hydroxyl groups is 14. The van der Waals surface area contributed by atoms with Crippen molar-refractivity contribution in [1.82, 2.24) is 16.0 Å². The molecule has 0 aromatic carbocycles. The molecule has 5 rings (SSSR count). The summed E-state index contributed by atoms with van der Waals surface area (Å²) in [5.41, 5.74) is 5.45. The maximum Gasteiger partial charge on any atom is 0.321 e. The predicted octanol–water partition coefficient (Wildman–Crippen LogP) is -12.7. The van der Waals surface area contributed by atoms with Gasteiger partial charge in [-0.1, -0.05) is 0 Å². The lowest BCUT2D eigenvalue weighted by atomic mass is 9.93. The number of aliphatic carboxylic acids is 1. The molecular weight excluding hydrogens is 960 g/mol. The van der Waals surface area contributed by atoms with Gasteiger partial charge in [0.1, 0.15) is 128 Å². The topological polar surface area (TPSA) is 517 Å². The largest absolute Gasteiger partial charge is 0.480 e. The zero-order valence-electron chi connectivity index (χ0n) is 37.3. The van der Waals surface area contributed by atoms with Crippen LogP contribution >= 0.6 is 0 Å². The molecule has 5 saturated heterocycles. The first-order valence-corrected chi connectivity index (χ1v) is 21.9. The van der Waals surface area contributed by atoms with E-state index in [1.807, 2.05) is 0 Å². The minimum atomic E-state index is -2.23. The Kier molecular flexibility index (Phi) is 20.8. The predicted molar refractivity (Wildman–Crippen MR) is 216 cm³/mol. The number of carbonyl (C=O) groups is 4. The van der Waals surface area contributed by atoms with Crippen molar-refractivity contribution in [2.24, 2.45) is 5.73 Å². The van der Waals surface area contributed by atoms with Gasteiger partial charge in [-0.15, -0.1) is 0 Å². The Balaban J connectivity index is 1.41. The summed E-state index contributed by atoms with van der Waals surface area (Å²) < 4.78 is 51.5. The lowest BCUT2D eigenvalue weighted by Gasteiger charge is -2.50. The standard InChI is InChI=1S/C38H64N4O28/c1-9(47)40-18-23(53)30(14(6-45)63-33(18)42-17(49)3-11(39)34(60)61)68-35-19(41-10(2)48)24(54)31(15(7-46)66-35)69-38-29(59)32(70-37-28(58)26(56)21(51)13(5-44)65-37)22(52)16(67-38)8-62-36-27(57)25(55)20(50)12(4-43)64-36/h11-16,18-33,35-38,43-46,50-59H,3-8,39H2,1-2H3,(H,40,47)(H,41,48)(H,42,49)(H,60,61)/t11-,12+,13+,14+,15+,16+,18+,19+,20+,21+,22+,23+,24+,25-,26-,27-,28-,29-,30+,31+,32-,33+,35-,36-,37+,38-/m0/s1. The van der Waals surface area contributed by atoms with E-state index in [0.717, 1.165) is 13.8 Å². The highest BCUT2D eigenvalue weighted by molar-refractivity contribution is 5.84. The maximum atomic E-state index is 12.7. The van der Waals surface area contributed by atoms with Crippen molar-refractivity contribution in [1.29, 1.82) is 0 Å². The van der Waals surface area contributed by atoms with Crippen molar-refractivity contribution >= 4 is 23.7 Å². The molecule has 32 heteroatoms. The van der Waals surface area contributed by atoms with Crippen LogP contribution < -0.4 is 21.7 Å². The first kappa shape index (κ1) is 57.8. The molecule has 0 radical (unpaired) electrons. The summed E-state index contributed by atoms with van der Waals surface area (Å²) in [5, 5.41) is 166. The molecule has 5 heterocycles. The van der Waals surface area contributed by atoms with Crippen molar-refractivity contribution in [3.63, 3.8) is 0 Å². The van der Waals surface area contributed by atoms with E-state index in [-0.39, 0.29) is 0 Å². The highest BCUT2D eigenvalue weighted by atomic mass is 16.8. The lowest BCUT2D eigenvalue weighted by molar-refractivity contribution is -0.383. The number of carboxylic acids is 1. The SMILES string of the molecule is CC(=O)N[C@@H]1[C@@H](O)[C@H](O[C@@H]2O[C@H](CO)[C@@H](O[C@@H]3O[C@H](CO[C@H]4O[C@H](CO)[C@@H](O)[C@H](O)[C@@H]4O)[C@@H](O)[C@H](O[C@H]4O[C@H](CO)[C@@H](O)[C@H](O)[C@@H]4O)[C@@H]3O)[C@H](O)[C@H]2NC(C)=O)[C@@H](CO)O[C@H]1NC(=O)C[C@H](N)C(=O)O. The van der Waals surface area contributed by atoms with Gasteiger partial charge in [-0.25, -0.2) is 0 Å². The number of ether oxygens (including phenoxy) is 9. The Morgan fingerprint density at radius 3 is 1.44 bits per heavy atom. The van der Waals surface area contributed by atoms with E-state index >= 15 is 0 Å². The molecule has 3 amide bonds. The summed E-state index contributed by atoms with van der Waals surface area (Å²) in [6.07, 6.45) is -44.1. The Morgan fingerprint density at radius 2 is 0.914 bits per heavy atom. The quantitative estimate of drug-likeness (QED) is 0.0571. The fraction of sp³-hybridized carbons (Fsp3) is 0.895. The van der Waals surface area contributed by atoms with Crippen molar-refractivity contribution in [2.75, 3.05) is 33.0 Å². The number of carbonyl (C=O) groups excluding carboxylic acids is 3. The number of carboxylic acid groups (broad SMARTS) is 1. The number of nitrogens with one attached hydrogen (secondary N) is 3. The van der Waals surface area contributed by atoms with Crippen molar-refractivity contribution in [3.05, 3.63) is 0 Å². The summed E-state index contributed by atoms with van der Waals surface area (Å²) in [7, 11) is 0. The van der Waals surface area contributed by atoms with Gasteiger partial charge < -0.3 is 141 Å². The van der Waals surface area contributed by atoms with Gasteiger partial charge >= 0.3 is 5.97 Å². The molecule has 0 aliphatic carbocycles. The van der Waals surface area contributed by atoms with Crippen LogP contribution in [-0.2, 0) is 61.8 Å². The summed E-state index contributed by atoms with van der Waals surface area (Å²) in [4.78, 5) is 48.7.